The van der Waals surface area contributed by atoms with Crippen LogP contribution in [0, 0.1) is 0 Å². The zero-order valence-corrected chi connectivity index (χ0v) is 24.2. The van der Waals surface area contributed by atoms with Crippen LogP contribution in [-0.4, -0.2) is 11.7 Å². The summed E-state index contributed by atoms with van der Waals surface area (Å²) in [6.45, 7) is 0.449. The lowest BCUT2D eigenvalue weighted by Gasteiger charge is -2.35. The van der Waals surface area contributed by atoms with E-state index in [1.807, 2.05) is 133 Å². The number of hydrogen-bond donors (Lipinski definition) is 1. The lowest BCUT2D eigenvalue weighted by Crippen LogP contribution is -2.38. The second-order valence-electron chi connectivity index (χ2n) is 11.2. The van der Waals surface area contributed by atoms with Gasteiger partial charge < -0.3 is 10.1 Å². The molecule has 2 atom stereocenters. The van der Waals surface area contributed by atoms with Gasteiger partial charge in [-0.1, -0.05) is 109 Å². The van der Waals surface area contributed by atoms with E-state index in [0.717, 1.165) is 39.5 Å². The van der Waals surface area contributed by atoms with Crippen LogP contribution in [0.1, 0.15) is 51.8 Å². The Morgan fingerprint density at radius 1 is 0.727 bits per heavy atom. The van der Waals surface area contributed by atoms with E-state index >= 15 is 0 Å². The summed E-state index contributed by atoms with van der Waals surface area (Å²) in [6, 6.07) is 44.5. The van der Waals surface area contributed by atoms with Crippen LogP contribution in [0.3, 0.4) is 0 Å². The van der Waals surface area contributed by atoms with Crippen molar-refractivity contribution >= 4 is 23.1 Å². The fourth-order valence-electron chi connectivity index (χ4n) is 6.39. The zero-order chi connectivity index (χ0) is 29.9. The van der Waals surface area contributed by atoms with Crippen LogP contribution in [0.2, 0.25) is 0 Å². The summed E-state index contributed by atoms with van der Waals surface area (Å²) in [5.41, 5.74) is 6.56. The van der Waals surface area contributed by atoms with E-state index in [1.165, 1.54) is 0 Å². The summed E-state index contributed by atoms with van der Waals surface area (Å²) < 4.78 is 6.32. The van der Waals surface area contributed by atoms with Crippen molar-refractivity contribution in [2.75, 3.05) is 10.2 Å². The molecule has 44 heavy (non-hydrogen) atoms. The van der Waals surface area contributed by atoms with E-state index in [4.69, 9.17) is 4.74 Å². The standard InChI is InChI=1S/C39H32N2O3/c42-35-25-30(31-20-10-13-23-36(31)44-26-27-14-4-1-5-15-27)24-33-37(35)38(28-16-6-2-7-17-28)41(34-22-12-11-21-32(34)40-33)39(43)29-18-8-3-9-19-29/h1-23,30,38,40H,24-26H2/t30-,38-/m1/s1. The summed E-state index contributed by atoms with van der Waals surface area (Å²) in [6.07, 6.45) is 0.928. The van der Waals surface area contributed by atoms with Crippen LogP contribution in [0.5, 0.6) is 5.75 Å². The molecule has 1 aliphatic carbocycles. The molecular formula is C39H32N2O3. The molecule has 1 heterocycles. The Morgan fingerprint density at radius 2 is 1.36 bits per heavy atom. The summed E-state index contributed by atoms with van der Waals surface area (Å²) >= 11 is 0. The van der Waals surface area contributed by atoms with Crippen LogP contribution < -0.4 is 15.0 Å². The zero-order valence-electron chi connectivity index (χ0n) is 24.2. The smallest absolute Gasteiger partial charge is 0.259 e. The number of fused-ring (bicyclic) bond motifs is 1. The number of nitrogens with one attached hydrogen (secondary N) is 1. The number of allylic oxidation sites excluding steroid dienone is 1. The van der Waals surface area contributed by atoms with Crippen LogP contribution in [0.25, 0.3) is 0 Å². The number of benzene rings is 5. The van der Waals surface area contributed by atoms with Crippen molar-refractivity contribution in [2.45, 2.75) is 31.4 Å². The molecule has 5 heteroatoms. The number of para-hydroxylation sites is 3. The lowest BCUT2D eigenvalue weighted by atomic mass is 9.78. The SMILES string of the molecule is O=C1C[C@H](c2ccccc2OCc2ccccc2)CC2=C1[C@@H](c1ccccc1)N(C(=O)c1ccccc1)c1ccccc1N2. The van der Waals surface area contributed by atoms with Crippen molar-refractivity contribution < 1.29 is 14.3 Å². The van der Waals surface area contributed by atoms with Gasteiger partial charge in [0.1, 0.15) is 12.4 Å². The third-order valence-electron chi connectivity index (χ3n) is 8.44. The maximum Gasteiger partial charge on any atom is 0.259 e. The molecule has 0 bridgehead atoms. The van der Waals surface area contributed by atoms with Gasteiger partial charge in [0, 0.05) is 29.2 Å². The van der Waals surface area contributed by atoms with Gasteiger partial charge in [0.15, 0.2) is 5.78 Å². The minimum absolute atomic E-state index is 0.0223. The van der Waals surface area contributed by atoms with Crippen LogP contribution in [0.15, 0.2) is 151 Å². The van der Waals surface area contributed by atoms with Crippen molar-refractivity contribution in [3.63, 3.8) is 0 Å². The number of ketones is 1. The highest BCUT2D eigenvalue weighted by atomic mass is 16.5. The van der Waals surface area contributed by atoms with E-state index in [-0.39, 0.29) is 17.6 Å². The predicted octanol–water partition coefficient (Wildman–Crippen LogP) is 8.48. The molecule has 1 aliphatic heterocycles. The number of hydrogen-bond acceptors (Lipinski definition) is 4. The van der Waals surface area contributed by atoms with Gasteiger partial charge in [-0.05, 0) is 53.4 Å². The average Bonchev–Trinajstić information content (AvgIpc) is 3.23. The molecule has 5 aromatic rings. The second kappa shape index (κ2) is 12.1. The molecule has 0 spiro atoms. The van der Waals surface area contributed by atoms with E-state index < -0.39 is 6.04 Å². The number of carbonyl (C=O) groups excluding carboxylic acids is 2. The molecule has 0 fully saturated rings. The second-order valence-corrected chi connectivity index (χ2v) is 11.2. The molecule has 2 aliphatic rings. The van der Waals surface area contributed by atoms with Gasteiger partial charge >= 0.3 is 0 Å². The molecule has 0 saturated heterocycles. The van der Waals surface area contributed by atoms with E-state index in [9.17, 15) is 9.59 Å². The Hall–Kier alpha value is -5.42. The summed E-state index contributed by atoms with van der Waals surface area (Å²) in [5.74, 6) is 0.569. The number of amides is 1. The molecule has 0 saturated carbocycles. The largest absolute Gasteiger partial charge is 0.489 e. The normalized spacial score (nSPS) is 17.6. The minimum atomic E-state index is -0.590. The number of anilines is 2. The maximum atomic E-state index is 14.4. The summed E-state index contributed by atoms with van der Waals surface area (Å²) in [5, 5.41) is 3.63. The van der Waals surface area contributed by atoms with Gasteiger partial charge in [-0.3, -0.25) is 14.5 Å². The highest BCUT2D eigenvalue weighted by Gasteiger charge is 2.42. The average molecular weight is 577 g/mol. The first-order chi connectivity index (χ1) is 21.7. The van der Waals surface area contributed by atoms with Crippen molar-refractivity contribution in [2.24, 2.45) is 0 Å². The molecule has 216 valence electrons. The topological polar surface area (TPSA) is 58.6 Å². The van der Waals surface area contributed by atoms with E-state index in [2.05, 4.69) is 11.4 Å². The third kappa shape index (κ3) is 5.29. The Morgan fingerprint density at radius 3 is 2.14 bits per heavy atom. The summed E-state index contributed by atoms with van der Waals surface area (Å²) in [7, 11) is 0. The molecule has 0 aromatic heterocycles. The van der Waals surface area contributed by atoms with Crippen molar-refractivity contribution in [3.8, 4) is 5.75 Å². The fraction of sp³-hybridized carbons (Fsp3) is 0.128. The Kier molecular flexibility index (Phi) is 7.51. The first-order valence-electron chi connectivity index (χ1n) is 15.0. The van der Waals surface area contributed by atoms with Gasteiger partial charge in [-0.25, -0.2) is 0 Å². The highest BCUT2D eigenvalue weighted by Crippen LogP contribution is 2.48. The van der Waals surface area contributed by atoms with Crippen LogP contribution >= 0.6 is 0 Å². The number of ether oxygens (including phenoxy) is 1. The molecular weight excluding hydrogens is 544 g/mol. The number of nitrogens with zero attached hydrogens (tertiary/aromatic N) is 1. The monoisotopic (exact) mass is 576 g/mol. The molecule has 0 unspecified atom stereocenters. The Balaban J connectivity index is 1.32. The number of carbonyl (C=O) groups is 2. The highest BCUT2D eigenvalue weighted by molar-refractivity contribution is 6.12. The lowest BCUT2D eigenvalue weighted by molar-refractivity contribution is -0.116. The first kappa shape index (κ1) is 27.4. The molecule has 1 amide bonds. The van der Waals surface area contributed by atoms with Crippen molar-refractivity contribution in [3.05, 3.63) is 173 Å². The van der Waals surface area contributed by atoms with Gasteiger partial charge in [0.2, 0.25) is 0 Å². The molecule has 5 aromatic carbocycles. The number of rotatable bonds is 6. The fourth-order valence-corrected chi connectivity index (χ4v) is 6.39. The van der Waals surface area contributed by atoms with Gasteiger partial charge in [0.05, 0.1) is 17.4 Å². The van der Waals surface area contributed by atoms with Gasteiger partial charge in [-0.15, -0.1) is 0 Å². The molecule has 5 nitrogen and oxygen atoms in total. The number of Topliss-reactive ketones (excluding diaryl/α,β-unsaturated/α-hetero) is 1. The van der Waals surface area contributed by atoms with Gasteiger partial charge in [-0.2, -0.15) is 0 Å². The van der Waals surface area contributed by atoms with Crippen LogP contribution in [-0.2, 0) is 11.4 Å². The first-order valence-corrected chi connectivity index (χ1v) is 15.0. The summed E-state index contributed by atoms with van der Waals surface area (Å²) in [4.78, 5) is 30.6. The van der Waals surface area contributed by atoms with Gasteiger partial charge in [0.25, 0.3) is 5.91 Å². The van der Waals surface area contributed by atoms with Crippen LogP contribution in [0.4, 0.5) is 11.4 Å². The van der Waals surface area contributed by atoms with E-state index in [0.29, 0.717) is 30.6 Å². The third-order valence-corrected chi connectivity index (χ3v) is 8.44. The van der Waals surface area contributed by atoms with E-state index in [1.54, 1.807) is 4.90 Å². The van der Waals surface area contributed by atoms with Crippen molar-refractivity contribution in [1.29, 1.82) is 0 Å². The molecule has 1 N–H and O–H groups in total. The molecule has 7 rings (SSSR count). The maximum absolute atomic E-state index is 14.4. The molecule has 0 radical (unpaired) electrons. The Labute approximate surface area is 257 Å². The van der Waals surface area contributed by atoms with Crippen molar-refractivity contribution in [1.82, 2.24) is 0 Å². The Bertz CT molecular complexity index is 1830. The minimum Gasteiger partial charge on any atom is -0.489 e. The predicted molar refractivity (Wildman–Crippen MR) is 174 cm³/mol. The quantitative estimate of drug-likeness (QED) is 0.220.